The van der Waals surface area contributed by atoms with Gasteiger partial charge in [-0.1, -0.05) is 23.7 Å². The Morgan fingerprint density at radius 3 is 2.64 bits per heavy atom. The molecule has 0 aromatic heterocycles. The average molecular weight is 472 g/mol. The van der Waals surface area contributed by atoms with Crippen molar-refractivity contribution in [2.45, 2.75) is 31.8 Å². The molecule has 7 nitrogen and oxygen atoms in total. The number of carbonyl (C=O) groups is 2. The first-order valence-corrected chi connectivity index (χ1v) is 11.3. The first-order chi connectivity index (χ1) is 16.0. The minimum absolute atomic E-state index is 0.192. The molecule has 1 aliphatic heterocycles. The molecule has 2 aromatic carbocycles. The molecule has 0 atom stereocenters. The maximum atomic E-state index is 12.7. The summed E-state index contributed by atoms with van der Waals surface area (Å²) in [6.45, 7) is 1.24. The van der Waals surface area contributed by atoms with Crippen LogP contribution in [0.15, 0.2) is 42.5 Å². The Morgan fingerprint density at radius 2 is 1.91 bits per heavy atom. The Labute approximate surface area is 197 Å². The number of fused-ring (bicyclic) bond motifs is 1. The van der Waals surface area contributed by atoms with Crippen LogP contribution in [-0.2, 0) is 20.9 Å². The van der Waals surface area contributed by atoms with E-state index in [4.69, 9.17) is 30.5 Å². The Hall–Kier alpha value is -3.19. The molecule has 0 unspecified atom stereocenters. The van der Waals surface area contributed by atoms with Gasteiger partial charge < -0.3 is 23.8 Å². The Bertz CT molecular complexity index is 1030. The van der Waals surface area contributed by atoms with Gasteiger partial charge in [0, 0.05) is 25.1 Å². The minimum atomic E-state index is -0.605. The number of benzene rings is 2. The third-order valence-corrected chi connectivity index (χ3v) is 5.67. The highest BCUT2D eigenvalue weighted by Crippen LogP contribution is 2.38. The molecule has 0 radical (unpaired) electrons. The lowest BCUT2D eigenvalue weighted by atomic mass is 10.2. The minimum Gasteiger partial charge on any atom is -0.497 e. The third kappa shape index (κ3) is 6.20. The largest absolute Gasteiger partial charge is 0.497 e. The molecule has 0 spiro atoms. The first-order valence-electron chi connectivity index (χ1n) is 10.9. The second-order valence-corrected chi connectivity index (χ2v) is 8.33. The highest BCUT2D eigenvalue weighted by molar-refractivity contribution is 6.32. The number of ether oxygens (including phenoxy) is 4. The molecule has 1 amide bonds. The molecule has 2 aromatic rings. The van der Waals surface area contributed by atoms with Crippen molar-refractivity contribution >= 4 is 29.6 Å². The second-order valence-electron chi connectivity index (χ2n) is 7.92. The molecular formula is C25H26ClNO6. The normalized spacial score (nSPS) is 15.1. The lowest BCUT2D eigenvalue weighted by molar-refractivity contribution is -0.148. The van der Waals surface area contributed by atoms with Crippen LogP contribution in [-0.4, -0.2) is 49.7 Å². The quantitative estimate of drug-likeness (QED) is 0.423. The van der Waals surface area contributed by atoms with Crippen LogP contribution in [0.25, 0.3) is 6.08 Å². The van der Waals surface area contributed by atoms with E-state index in [1.165, 1.54) is 6.08 Å². The SMILES string of the molecule is COc1ccc(CN(C(=O)COC(=O)/C=C/c2cc(Cl)c3c(c2)OCCCO3)C2CC2)cc1. The van der Waals surface area contributed by atoms with Gasteiger partial charge in [-0.05, 0) is 54.3 Å². The monoisotopic (exact) mass is 471 g/mol. The molecule has 1 saturated carbocycles. The molecule has 0 saturated heterocycles. The van der Waals surface area contributed by atoms with Crippen LogP contribution in [0.2, 0.25) is 5.02 Å². The highest BCUT2D eigenvalue weighted by Gasteiger charge is 2.32. The van der Waals surface area contributed by atoms with Gasteiger partial charge >= 0.3 is 5.97 Å². The summed E-state index contributed by atoms with van der Waals surface area (Å²) in [6.07, 6.45) is 5.53. The number of nitrogens with zero attached hydrogens (tertiary/aromatic N) is 1. The Kier molecular flexibility index (Phi) is 7.40. The molecule has 8 heteroatoms. The van der Waals surface area contributed by atoms with Gasteiger partial charge in [-0.25, -0.2) is 4.79 Å². The van der Waals surface area contributed by atoms with Crippen molar-refractivity contribution < 1.29 is 28.5 Å². The predicted octanol–water partition coefficient (Wildman–Crippen LogP) is 4.26. The van der Waals surface area contributed by atoms with Crippen molar-refractivity contribution in [3.63, 3.8) is 0 Å². The van der Waals surface area contributed by atoms with Gasteiger partial charge in [-0.3, -0.25) is 4.79 Å². The van der Waals surface area contributed by atoms with Crippen molar-refractivity contribution in [2.24, 2.45) is 0 Å². The maximum absolute atomic E-state index is 12.7. The second kappa shape index (κ2) is 10.6. The van der Waals surface area contributed by atoms with Crippen molar-refractivity contribution in [1.29, 1.82) is 0 Å². The fourth-order valence-electron chi connectivity index (χ4n) is 3.51. The van der Waals surface area contributed by atoms with Gasteiger partial charge in [0.15, 0.2) is 18.1 Å². The van der Waals surface area contributed by atoms with Crippen molar-refractivity contribution in [1.82, 2.24) is 4.90 Å². The number of halogens is 1. The molecule has 1 heterocycles. The van der Waals surface area contributed by atoms with E-state index >= 15 is 0 Å². The van der Waals surface area contributed by atoms with E-state index < -0.39 is 5.97 Å². The Morgan fingerprint density at radius 1 is 1.15 bits per heavy atom. The predicted molar refractivity (Wildman–Crippen MR) is 124 cm³/mol. The zero-order chi connectivity index (χ0) is 23.2. The topological polar surface area (TPSA) is 74.3 Å². The fourth-order valence-corrected chi connectivity index (χ4v) is 3.78. The van der Waals surface area contributed by atoms with Gasteiger partial charge in [0.25, 0.3) is 5.91 Å². The summed E-state index contributed by atoms with van der Waals surface area (Å²) < 4.78 is 21.6. The van der Waals surface area contributed by atoms with Crippen LogP contribution in [0.3, 0.4) is 0 Å². The van der Waals surface area contributed by atoms with Crippen LogP contribution in [0, 0.1) is 0 Å². The molecule has 33 heavy (non-hydrogen) atoms. The van der Waals surface area contributed by atoms with Gasteiger partial charge in [0.05, 0.1) is 25.3 Å². The molecule has 1 aliphatic carbocycles. The van der Waals surface area contributed by atoms with E-state index in [1.54, 1.807) is 30.2 Å². The van der Waals surface area contributed by atoms with E-state index in [1.807, 2.05) is 24.3 Å². The maximum Gasteiger partial charge on any atom is 0.331 e. The van der Waals surface area contributed by atoms with Crippen LogP contribution < -0.4 is 14.2 Å². The molecule has 0 N–H and O–H groups in total. The van der Waals surface area contributed by atoms with Gasteiger partial charge in [0.2, 0.25) is 0 Å². The molecule has 1 fully saturated rings. The summed E-state index contributed by atoms with van der Waals surface area (Å²) in [7, 11) is 1.61. The number of hydrogen-bond acceptors (Lipinski definition) is 6. The third-order valence-electron chi connectivity index (χ3n) is 5.39. The van der Waals surface area contributed by atoms with E-state index in [0.717, 1.165) is 30.6 Å². The Balaban J connectivity index is 1.32. The van der Waals surface area contributed by atoms with Gasteiger partial charge in [-0.15, -0.1) is 0 Å². The van der Waals surface area contributed by atoms with Crippen molar-refractivity contribution in [2.75, 3.05) is 26.9 Å². The molecule has 0 bridgehead atoms. The number of methoxy groups -OCH3 is 1. The zero-order valence-corrected chi connectivity index (χ0v) is 19.2. The van der Waals surface area contributed by atoms with E-state index in [0.29, 0.717) is 41.8 Å². The van der Waals surface area contributed by atoms with E-state index in [-0.39, 0.29) is 18.6 Å². The number of amides is 1. The molecule has 174 valence electrons. The summed E-state index contributed by atoms with van der Waals surface area (Å²) in [5.41, 5.74) is 1.67. The fraction of sp³-hybridized carbons (Fsp3) is 0.360. The number of rotatable bonds is 8. The average Bonchev–Trinajstić information content (AvgIpc) is 3.67. The summed E-state index contributed by atoms with van der Waals surface area (Å²) in [5.74, 6) is 0.998. The summed E-state index contributed by atoms with van der Waals surface area (Å²) in [4.78, 5) is 26.7. The molecule has 2 aliphatic rings. The van der Waals surface area contributed by atoms with Gasteiger partial charge in [0.1, 0.15) is 5.75 Å². The molecule has 4 rings (SSSR count). The number of esters is 1. The number of carbonyl (C=O) groups excluding carboxylic acids is 2. The van der Waals surface area contributed by atoms with Crippen LogP contribution in [0.1, 0.15) is 30.4 Å². The van der Waals surface area contributed by atoms with Crippen LogP contribution >= 0.6 is 11.6 Å². The smallest absolute Gasteiger partial charge is 0.331 e. The van der Waals surface area contributed by atoms with Crippen molar-refractivity contribution in [3.05, 3.63) is 58.6 Å². The standard InChI is InChI=1S/C25H26ClNO6/c1-30-20-8-3-17(4-9-20)15-27(19-6-7-19)23(28)16-33-24(29)10-5-18-13-21(26)25-22(14-18)31-11-2-12-32-25/h3-5,8-10,13-14,19H,2,6-7,11-12,15-16H2,1H3/b10-5+. The zero-order valence-electron chi connectivity index (χ0n) is 18.4. The van der Waals surface area contributed by atoms with Crippen LogP contribution in [0.4, 0.5) is 0 Å². The van der Waals surface area contributed by atoms with Crippen molar-refractivity contribution in [3.8, 4) is 17.2 Å². The van der Waals surface area contributed by atoms with E-state index in [2.05, 4.69) is 0 Å². The summed E-state index contributed by atoms with van der Waals surface area (Å²) >= 11 is 6.28. The van der Waals surface area contributed by atoms with E-state index in [9.17, 15) is 9.59 Å². The lowest BCUT2D eigenvalue weighted by Crippen LogP contribution is -2.35. The summed E-state index contributed by atoms with van der Waals surface area (Å²) in [5, 5.41) is 0.413. The van der Waals surface area contributed by atoms with Gasteiger partial charge in [-0.2, -0.15) is 0 Å². The number of hydrogen-bond donors (Lipinski definition) is 0. The highest BCUT2D eigenvalue weighted by atomic mass is 35.5. The first kappa shape index (κ1) is 23.0. The van der Waals surface area contributed by atoms with Crippen LogP contribution in [0.5, 0.6) is 17.2 Å². The summed E-state index contributed by atoms with van der Waals surface area (Å²) in [6, 6.07) is 11.2. The lowest BCUT2D eigenvalue weighted by Gasteiger charge is -2.22. The molecular weight excluding hydrogens is 446 g/mol.